The Morgan fingerprint density at radius 3 is 2.80 bits per heavy atom. The van der Waals surface area contributed by atoms with E-state index in [4.69, 9.17) is 0 Å². The molecule has 0 atom stereocenters. The Labute approximate surface area is 91.9 Å². The molecule has 1 saturated heterocycles. The highest BCUT2D eigenvalue weighted by Gasteiger charge is 2.24. The number of carbonyl (C=O) groups excluding carboxylic acids is 1. The summed E-state index contributed by atoms with van der Waals surface area (Å²) in [4.78, 5) is 13.9. The quantitative estimate of drug-likeness (QED) is 0.658. The van der Waals surface area contributed by atoms with Crippen molar-refractivity contribution in [3.8, 4) is 0 Å². The molecule has 0 aromatic rings. The normalized spacial score (nSPS) is 19.8. The number of amides is 1. The summed E-state index contributed by atoms with van der Waals surface area (Å²) in [5.74, 6) is 0.128. The molecule has 1 heterocycles. The fraction of sp³-hybridized carbons (Fsp3) is 0.818. The van der Waals surface area contributed by atoms with Gasteiger partial charge in [-0.2, -0.15) is 5.10 Å². The second-order valence-electron chi connectivity index (χ2n) is 4.14. The molecule has 0 aliphatic carbocycles. The Morgan fingerprint density at radius 1 is 1.47 bits per heavy atom. The summed E-state index contributed by atoms with van der Waals surface area (Å²) in [6.45, 7) is 3.91. The number of carbonyl (C=O) groups is 1. The minimum Gasteiger partial charge on any atom is -0.338 e. The lowest BCUT2D eigenvalue weighted by Crippen LogP contribution is -2.42. The van der Waals surface area contributed by atoms with E-state index in [0.29, 0.717) is 5.71 Å². The van der Waals surface area contributed by atoms with Gasteiger partial charge in [0.2, 0.25) is 0 Å². The lowest BCUT2D eigenvalue weighted by molar-refractivity contribution is -0.125. The largest absolute Gasteiger partial charge is 0.338 e. The maximum absolute atomic E-state index is 11.9. The second kappa shape index (κ2) is 5.73. The fourth-order valence-electron chi connectivity index (χ4n) is 1.72. The SMILES string of the molecule is CCCCN1CCC/C(=N\N(C)C)C1=O. The summed E-state index contributed by atoms with van der Waals surface area (Å²) in [6, 6.07) is 0. The van der Waals surface area contributed by atoms with Gasteiger partial charge in [-0.05, 0) is 19.3 Å². The first-order valence-electron chi connectivity index (χ1n) is 5.69. The number of hydrogen-bond acceptors (Lipinski definition) is 3. The Balaban J connectivity index is 2.59. The molecule has 1 rings (SSSR count). The average Bonchev–Trinajstić information content (AvgIpc) is 2.19. The van der Waals surface area contributed by atoms with Crippen molar-refractivity contribution < 1.29 is 4.79 Å². The number of likely N-dealkylation sites (tertiary alicyclic amines) is 1. The molecule has 1 aliphatic heterocycles. The maximum atomic E-state index is 11.9. The van der Waals surface area contributed by atoms with E-state index in [9.17, 15) is 4.79 Å². The number of unbranched alkanes of at least 4 members (excludes halogenated alkanes) is 1. The van der Waals surface area contributed by atoms with Crippen LogP contribution < -0.4 is 0 Å². The monoisotopic (exact) mass is 211 g/mol. The van der Waals surface area contributed by atoms with Gasteiger partial charge in [0.05, 0.1) is 0 Å². The van der Waals surface area contributed by atoms with Crippen LogP contribution in [0.3, 0.4) is 0 Å². The lowest BCUT2D eigenvalue weighted by atomic mass is 10.1. The van der Waals surface area contributed by atoms with E-state index in [1.165, 1.54) is 0 Å². The zero-order chi connectivity index (χ0) is 11.3. The van der Waals surface area contributed by atoms with Crippen LogP contribution in [0.15, 0.2) is 5.10 Å². The van der Waals surface area contributed by atoms with Gasteiger partial charge >= 0.3 is 0 Å². The summed E-state index contributed by atoms with van der Waals surface area (Å²) in [6.07, 6.45) is 4.08. The minimum absolute atomic E-state index is 0.128. The first kappa shape index (κ1) is 12.0. The van der Waals surface area contributed by atoms with Crippen LogP contribution in [0.25, 0.3) is 0 Å². The molecule has 0 saturated carbocycles. The number of piperidine rings is 1. The van der Waals surface area contributed by atoms with Crippen LogP contribution in [0.4, 0.5) is 0 Å². The Morgan fingerprint density at radius 2 is 2.20 bits per heavy atom. The molecule has 15 heavy (non-hydrogen) atoms. The van der Waals surface area contributed by atoms with Gasteiger partial charge < -0.3 is 9.91 Å². The third-order valence-corrected chi connectivity index (χ3v) is 2.48. The van der Waals surface area contributed by atoms with Crippen LogP contribution in [0.5, 0.6) is 0 Å². The van der Waals surface area contributed by atoms with Crippen molar-refractivity contribution in [2.75, 3.05) is 27.2 Å². The van der Waals surface area contributed by atoms with Gasteiger partial charge in [0.25, 0.3) is 5.91 Å². The van der Waals surface area contributed by atoms with Crippen molar-refractivity contribution in [3.63, 3.8) is 0 Å². The number of hydrazone groups is 1. The molecule has 4 heteroatoms. The average molecular weight is 211 g/mol. The third-order valence-electron chi connectivity index (χ3n) is 2.48. The van der Waals surface area contributed by atoms with Gasteiger partial charge in [-0.25, -0.2) is 0 Å². The number of rotatable bonds is 4. The first-order chi connectivity index (χ1) is 7.15. The van der Waals surface area contributed by atoms with Crippen LogP contribution in [-0.2, 0) is 4.79 Å². The van der Waals surface area contributed by atoms with Gasteiger partial charge in [0, 0.05) is 27.2 Å². The van der Waals surface area contributed by atoms with Gasteiger partial charge in [-0.1, -0.05) is 13.3 Å². The summed E-state index contributed by atoms with van der Waals surface area (Å²) in [5, 5.41) is 5.94. The zero-order valence-electron chi connectivity index (χ0n) is 9.99. The molecule has 1 aliphatic rings. The summed E-state index contributed by atoms with van der Waals surface area (Å²) < 4.78 is 0. The molecule has 0 spiro atoms. The molecule has 1 amide bonds. The predicted molar refractivity (Wildman–Crippen MR) is 61.8 cm³/mol. The minimum atomic E-state index is 0.128. The fourth-order valence-corrected chi connectivity index (χ4v) is 1.72. The molecule has 0 radical (unpaired) electrons. The van der Waals surface area contributed by atoms with Crippen molar-refractivity contribution >= 4 is 11.6 Å². The maximum Gasteiger partial charge on any atom is 0.270 e. The van der Waals surface area contributed by atoms with E-state index in [1.807, 2.05) is 19.0 Å². The summed E-state index contributed by atoms with van der Waals surface area (Å²) >= 11 is 0. The van der Waals surface area contributed by atoms with Crippen LogP contribution in [0, 0.1) is 0 Å². The van der Waals surface area contributed by atoms with E-state index in [-0.39, 0.29) is 5.91 Å². The molecule has 0 aromatic heterocycles. The van der Waals surface area contributed by atoms with Gasteiger partial charge in [0.15, 0.2) is 0 Å². The standard InChI is InChI=1S/C11H21N3O/c1-4-5-8-14-9-6-7-10(11(14)15)12-13(2)3/h4-9H2,1-3H3/b12-10+. The lowest BCUT2D eigenvalue weighted by Gasteiger charge is -2.27. The van der Waals surface area contributed by atoms with Crippen LogP contribution in [0.2, 0.25) is 0 Å². The zero-order valence-corrected chi connectivity index (χ0v) is 9.99. The summed E-state index contributed by atoms with van der Waals surface area (Å²) in [5.41, 5.74) is 0.711. The summed E-state index contributed by atoms with van der Waals surface area (Å²) in [7, 11) is 3.70. The molecular formula is C11H21N3O. The Hall–Kier alpha value is -1.06. The van der Waals surface area contributed by atoms with Gasteiger partial charge in [0.1, 0.15) is 5.71 Å². The predicted octanol–water partition coefficient (Wildman–Crippen LogP) is 1.33. The van der Waals surface area contributed by atoms with Crippen LogP contribution in [-0.4, -0.2) is 48.7 Å². The van der Waals surface area contributed by atoms with Crippen LogP contribution in [0.1, 0.15) is 32.6 Å². The Kier molecular flexibility index (Phi) is 4.59. The van der Waals surface area contributed by atoms with Crippen molar-refractivity contribution in [2.45, 2.75) is 32.6 Å². The van der Waals surface area contributed by atoms with E-state index in [2.05, 4.69) is 12.0 Å². The van der Waals surface area contributed by atoms with Crippen molar-refractivity contribution in [1.29, 1.82) is 0 Å². The van der Waals surface area contributed by atoms with Crippen molar-refractivity contribution in [1.82, 2.24) is 9.91 Å². The van der Waals surface area contributed by atoms with Gasteiger partial charge in [-0.3, -0.25) is 4.79 Å². The van der Waals surface area contributed by atoms with E-state index >= 15 is 0 Å². The molecule has 86 valence electrons. The molecule has 0 bridgehead atoms. The number of nitrogens with zero attached hydrogens (tertiary/aromatic N) is 3. The van der Waals surface area contributed by atoms with Crippen molar-refractivity contribution in [2.24, 2.45) is 5.10 Å². The highest BCUT2D eigenvalue weighted by atomic mass is 16.2. The molecule has 0 N–H and O–H groups in total. The molecular weight excluding hydrogens is 190 g/mol. The van der Waals surface area contributed by atoms with E-state index in [0.717, 1.165) is 38.8 Å². The molecule has 0 unspecified atom stereocenters. The first-order valence-corrected chi connectivity index (χ1v) is 5.69. The third kappa shape index (κ3) is 3.53. The smallest absolute Gasteiger partial charge is 0.270 e. The highest BCUT2D eigenvalue weighted by molar-refractivity contribution is 6.39. The van der Waals surface area contributed by atoms with Crippen LogP contribution >= 0.6 is 0 Å². The van der Waals surface area contributed by atoms with E-state index < -0.39 is 0 Å². The highest BCUT2D eigenvalue weighted by Crippen LogP contribution is 2.10. The molecule has 1 fully saturated rings. The Bertz CT molecular complexity index is 248. The second-order valence-corrected chi connectivity index (χ2v) is 4.14. The van der Waals surface area contributed by atoms with E-state index in [1.54, 1.807) is 5.01 Å². The molecule has 4 nitrogen and oxygen atoms in total. The van der Waals surface area contributed by atoms with Crippen molar-refractivity contribution in [3.05, 3.63) is 0 Å². The molecule has 0 aromatic carbocycles. The topological polar surface area (TPSA) is 35.9 Å². The van der Waals surface area contributed by atoms with Gasteiger partial charge in [-0.15, -0.1) is 0 Å². The number of hydrogen-bond donors (Lipinski definition) is 0.